The highest BCUT2D eigenvalue weighted by molar-refractivity contribution is 5.93. The van der Waals surface area contributed by atoms with Crippen LogP contribution in [0.4, 0.5) is 5.69 Å². The minimum atomic E-state index is 1.01. The summed E-state index contributed by atoms with van der Waals surface area (Å²) in [5.74, 6) is 0. The van der Waals surface area contributed by atoms with Crippen LogP contribution in [0.25, 0.3) is 10.9 Å². The van der Waals surface area contributed by atoms with Crippen molar-refractivity contribution in [3.63, 3.8) is 0 Å². The maximum atomic E-state index is 4.68. The quantitative estimate of drug-likeness (QED) is 0.857. The predicted octanol–water partition coefficient (Wildman–Crippen LogP) is 3.93. The molecule has 1 aromatic carbocycles. The summed E-state index contributed by atoms with van der Waals surface area (Å²) in [5, 5.41) is 4.73. The Kier molecular flexibility index (Phi) is 3.62. The van der Waals surface area contributed by atoms with E-state index >= 15 is 0 Å². The first kappa shape index (κ1) is 11.9. The molecule has 0 amide bonds. The summed E-state index contributed by atoms with van der Waals surface area (Å²) in [7, 11) is 0. The van der Waals surface area contributed by atoms with Gasteiger partial charge in [0.25, 0.3) is 0 Å². The van der Waals surface area contributed by atoms with Gasteiger partial charge in [0.05, 0.1) is 5.52 Å². The zero-order chi connectivity index (χ0) is 12.3. The fourth-order valence-electron chi connectivity index (χ4n) is 2.13. The van der Waals surface area contributed by atoms with Gasteiger partial charge in [-0.2, -0.15) is 0 Å². The molecule has 17 heavy (non-hydrogen) atoms. The van der Waals surface area contributed by atoms with Crippen molar-refractivity contribution in [3.05, 3.63) is 35.5 Å². The molecule has 0 saturated heterocycles. The van der Waals surface area contributed by atoms with Gasteiger partial charge >= 0.3 is 0 Å². The van der Waals surface area contributed by atoms with Crippen LogP contribution in [-0.4, -0.2) is 11.5 Å². The molecule has 2 rings (SSSR count). The molecule has 0 aliphatic carbocycles. The van der Waals surface area contributed by atoms with Gasteiger partial charge in [0.15, 0.2) is 0 Å². The fraction of sp³-hybridized carbons (Fsp3) is 0.400. The second-order valence-electron chi connectivity index (χ2n) is 4.40. The normalized spacial score (nSPS) is 10.8. The Balaban J connectivity index is 2.59. The van der Waals surface area contributed by atoms with Crippen molar-refractivity contribution in [2.24, 2.45) is 0 Å². The molecular weight excluding hydrogens is 208 g/mol. The van der Waals surface area contributed by atoms with E-state index in [-0.39, 0.29) is 0 Å². The van der Waals surface area contributed by atoms with E-state index in [2.05, 4.69) is 55.3 Å². The lowest BCUT2D eigenvalue weighted by atomic mass is 10.1. The van der Waals surface area contributed by atoms with Crippen molar-refractivity contribution in [1.29, 1.82) is 0 Å². The zero-order valence-electron chi connectivity index (χ0n) is 10.9. The third kappa shape index (κ3) is 2.41. The maximum absolute atomic E-state index is 4.68. The predicted molar refractivity (Wildman–Crippen MR) is 74.6 cm³/mol. The highest BCUT2D eigenvalue weighted by atomic mass is 14.9. The van der Waals surface area contributed by atoms with Crippen LogP contribution >= 0.6 is 0 Å². The van der Waals surface area contributed by atoms with Crippen molar-refractivity contribution in [1.82, 2.24) is 4.98 Å². The molecule has 0 radical (unpaired) electrons. The number of pyridine rings is 1. The summed E-state index contributed by atoms with van der Waals surface area (Å²) >= 11 is 0. The van der Waals surface area contributed by atoms with Gasteiger partial charge in [-0.3, -0.25) is 4.98 Å². The SMILES string of the molecule is CCCNc1cc(C)nc2c(CC)cccc12. The van der Waals surface area contributed by atoms with E-state index in [1.165, 1.54) is 16.6 Å². The summed E-state index contributed by atoms with van der Waals surface area (Å²) in [6.45, 7) is 7.43. The van der Waals surface area contributed by atoms with Crippen molar-refractivity contribution in [2.75, 3.05) is 11.9 Å². The van der Waals surface area contributed by atoms with Crippen molar-refractivity contribution < 1.29 is 0 Å². The van der Waals surface area contributed by atoms with Crippen LogP contribution in [0.5, 0.6) is 0 Å². The van der Waals surface area contributed by atoms with Crippen LogP contribution in [0.1, 0.15) is 31.5 Å². The van der Waals surface area contributed by atoms with Crippen molar-refractivity contribution in [2.45, 2.75) is 33.6 Å². The number of aromatic nitrogens is 1. The van der Waals surface area contributed by atoms with E-state index in [1.807, 2.05) is 0 Å². The highest BCUT2D eigenvalue weighted by Crippen LogP contribution is 2.26. The molecule has 0 aliphatic rings. The molecule has 0 fully saturated rings. The summed E-state index contributed by atoms with van der Waals surface area (Å²) in [4.78, 5) is 4.68. The molecule has 0 unspecified atom stereocenters. The molecule has 1 heterocycles. The van der Waals surface area contributed by atoms with Crippen LogP contribution in [0.3, 0.4) is 0 Å². The van der Waals surface area contributed by atoms with E-state index in [0.29, 0.717) is 0 Å². The fourth-order valence-corrected chi connectivity index (χ4v) is 2.13. The van der Waals surface area contributed by atoms with E-state index in [0.717, 1.165) is 30.6 Å². The topological polar surface area (TPSA) is 24.9 Å². The molecular formula is C15H20N2. The molecule has 2 heteroatoms. The van der Waals surface area contributed by atoms with Crippen LogP contribution in [0, 0.1) is 6.92 Å². The molecule has 0 bridgehead atoms. The molecule has 90 valence electrons. The van der Waals surface area contributed by atoms with E-state index < -0.39 is 0 Å². The van der Waals surface area contributed by atoms with Gasteiger partial charge in [0.1, 0.15) is 0 Å². The number of hydrogen-bond acceptors (Lipinski definition) is 2. The molecule has 0 aliphatic heterocycles. The second-order valence-corrected chi connectivity index (χ2v) is 4.40. The lowest BCUT2D eigenvalue weighted by Gasteiger charge is -2.12. The maximum Gasteiger partial charge on any atom is 0.0757 e. The first-order valence-electron chi connectivity index (χ1n) is 6.39. The number of nitrogens with zero attached hydrogens (tertiary/aromatic N) is 1. The molecule has 2 aromatic rings. The van der Waals surface area contributed by atoms with Gasteiger partial charge in [-0.25, -0.2) is 0 Å². The van der Waals surface area contributed by atoms with Crippen LogP contribution in [0.15, 0.2) is 24.3 Å². The number of benzene rings is 1. The smallest absolute Gasteiger partial charge is 0.0757 e. The number of para-hydroxylation sites is 1. The van der Waals surface area contributed by atoms with E-state index in [1.54, 1.807) is 0 Å². The Morgan fingerprint density at radius 1 is 1.24 bits per heavy atom. The first-order valence-corrected chi connectivity index (χ1v) is 6.39. The van der Waals surface area contributed by atoms with Gasteiger partial charge in [0, 0.05) is 23.3 Å². The Morgan fingerprint density at radius 3 is 2.76 bits per heavy atom. The lowest BCUT2D eigenvalue weighted by molar-refractivity contribution is 0.980. The van der Waals surface area contributed by atoms with Gasteiger partial charge in [-0.05, 0) is 31.4 Å². The minimum absolute atomic E-state index is 1.01. The minimum Gasteiger partial charge on any atom is -0.384 e. The zero-order valence-corrected chi connectivity index (χ0v) is 10.9. The Bertz CT molecular complexity index is 518. The van der Waals surface area contributed by atoms with Crippen LogP contribution in [0.2, 0.25) is 0 Å². The number of aryl methyl sites for hydroxylation is 2. The number of rotatable bonds is 4. The number of hydrogen-bond donors (Lipinski definition) is 1. The van der Waals surface area contributed by atoms with Crippen molar-refractivity contribution in [3.8, 4) is 0 Å². The first-order chi connectivity index (χ1) is 8.26. The van der Waals surface area contributed by atoms with Crippen LogP contribution < -0.4 is 5.32 Å². The van der Waals surface area contributed by atoms with Gasteiger partial charge in [-0.1, -0.05) is 32.0 Å². The monoisotopic (exact) mass is 228 g/mol. The van der Waals surface area contributed by atoms with Crippen LogP contribution in [-0.2, 0) is 6.42 Å². The third-order valence-electron chi connectivity index (χ3n) is 3.00. The van der Waals surface area contributed by atoms with Gasteiger partial charge in [0.2, 0.25) is 0 Å². The molecule has 0 atom stereocenters. The molecule has 0 saturated carbocycles. The van der Waals surface area contributed by atoms with E-state index in [9.17, 15) is 0 Å². The summed E-state index contributed by atoms with van der Waals surface area (Å²) in [5.41, 5.74) is 4.76. The lowest BCUT2D eigenvalue weighted by Crippen LogP contribution is -2.02. The molecule has 0 spiro atoms. The number of fused-ring (bicyclic) bond motifs is 1. The second kappa shape index (κ2) is 5.17. The average molecular weight is 228 g/mol. The summed E-state index contributed by atoms with van der Waals surface area (Å²) in [6.07, 6.45) is 2.16. The highest BCUT2D eigenvalue weighted by Gasteiger charge is 2.06. The summed E-state index contributed by atoms with van der Waals surface area (Å²) < 4.78 is 0. The summed E-state index contributed by atoms with van der Waals surface area (Å²) in [6, 6.07) is 8.57. The molecule has 1 aromatic heterocycles. The Hall–Kier alpha value is -1.57. The third-order valence-corrected chi connectivity index (χ3v) is 3.00. The largest absolute Gasteiger partial charge is 0.384 e. The average Bonchev–Trinajstić information content (AvgIpc) is 2.35. The van der Waals surface area contributed by atoms with Crippen molar-refractivity contribution >= 4 is 16.6 Å². The Morgan fingerprint density at radius 2 is 2.06 bits per heavy atom. The van der Waals surface area contributed by atoms with Gasteiger partial charge < -0.3 is 5.32 Å². The standard InChI is InChI=1S/C15H20N2/c1-4-9-16-14-10-11(3)17-15-12(5-2)7-6-8-13(14)15/h6-8,10H,4-5,9H2,1-3H3,(H,16,17). The van der Waals surface area contributed by atoms with E-state index in [4.69, 9.17) is 0 Å². The van der Waals surface area contributed by atoms with Gasteiger partial charge in [-0.15, -0.1) is 0 Å². The number of anilines is 1. The number of nitrogens with one attached hydrogen (secondary N) is 1. The molecule has 2 nitrogen and oxygen atoms in total. The Labute approximate surface area is 103 Å². The molecule has 1 N–H and O–H groups in total.